The molecule has 2 N–H and O–H groups in total. The van der Waals surface area contributed by atoms with Gasteiger partial charge in [0.1, 0.15) is 0 Å². The van der Waals surface area contributed by atoms with Crippen molar-refractivity contribution in [3.8, 4) is 0 Å². The Kier molecular flexibility index (Phi) is 5.60. The molecule has 1 heterocycles. The zero-order chi connectivity index (χ0) is 14.5. The lowest BCUT2D eigenvalue weighted by atomic mass is 9.88. The molecule has 0 saturated carbocycles. The third kappa shape index (κ3) is 4.39. The van der Waals surface area contributed by atoms with Crippen LogP contribution in [0.2, 0.25) is 0 Å². The molecule has 1 rings (SSSR count). The summed E-state index contributed by atoms with van der Waals surface area (Å²) in [6, 6.07) is 4.09. The largest absolute Gasteiger partial charge is 0.469 e. The Morgan fingerprint density at radius 1 is 1.47 bits per heavy atom. The van der Waals surface area contributed by atoms with Crippen LogP contribution < -0.4 is 5.32 Å². The van der Waals surface area contributed by atoms with Gasteiger partial charge in [0.25, 0.3) is 0 Å². The highest BCUT2D eigenvalue weighted by Crippen LogP contribution is 2.20. The standard InChI is InChI=1S/C15H26N2O2/c1-11(2)12(14(18)19-5)9-16-10-15(3,4)13-7-6-8-17-13/h6-8,11-12,16-17H,9-10H2,1-5H3. The molecule has 0 aliphatic heterocycles. The summed E-state index contributed by atoms with van der Waals surface area (Å²) in [4.78, 5) is 14.9. The predicted molar refractivity (Wildman–Crippen MR) is 77.0 cm³/mol. The first kappa shape index (κ1) is 15.8. The van der Waals surface area contributed by atoms with Crippen LogP contribution in [-0.2, 0) is 14.9 Å². The van der Waals surface area contributed by atoms with E-state index in [1.807, 2.05) is 26.1 Å². The molecule has 0 saturated heterocycles. The Morgan fingerprint density at radius 3 is 2.63 bits per heavy atom. The lowest BCUT2D eigenvalue weighted by Gasteiger charge is -2.26. The fraction of sp³-hybridized carbons (Fsp3) is 0.667. The summed E-state index contributed by atoms with van der Waals surface area (Å²) in [6.07, 6.45) is 1.93. The van der Waals surface area contributed by atoms with E-state index in [2.05, 4.69) is 30.2 Å². The number of methoxy groups -OCH3 is 1. The van der Waals surface area contributed by atoms with Crippen molar-refractivity contribution in [1.82, 2.24) is 10.3 Å². The molecule has 0 amide bonds. The minimum Gasteiger partial charge on any atom is -0.469 e. The fourth-order valence-corrected chi connectivity index (χ4v) is 2.13. The Labute approximate surface area is 115 Å². The summed E-state index contributed by atoms with van der Waals surface area (Å²) in [5.74, 6) is 0.0400. The maximum absolute atomic E-state index is 11.7. The van der Waals surface area contributed by atoms with Gasteiger partial charge in [-0.15, -0.1) is 0 Å². The summed E-state index contributed by atoms with van der Waals surface area (Å²) in [5, 5.41) is 3.39. The summed E-state index contributed by atoms with van der Waals surface area (Å²) >= 11 is 0. The van der Waals surface area contributed by atoms with Gasteiger partial charge in [-0.25, -0.2) is 0 Å². The van der Waals surface area contributed by atoms with Crippen LogP contribution in [0.4, 0.5) is 0 Å². The molecule has 19 heavy (non-hydrogen) atoms. The van der Waals surface area contributed by atoms with Gasteiger partial charge >= 0.3 is 5.97 Å². The molecule has 4 nitrogen and oxygen atoms in total. The number of aromatic nitrogens is 1. The Morgan fingerprint density at radius 2 is 2.16 bits per heavy atom. The number of rotatable bonds is 7. The summed E-state index contributed by atoms with van der Waals surface area (Å²) < 4.78 is 4.84. The van der Waals surface area contributed by atoms with Gasteiger partial charge in [-0.2, -0.15) is 0 Å². The lowest BCUT2D eigenvalue weighted by Crippen LogP contribution is -2.39. The molecule has 0 bridgehead atoms. The zero-order valence-corrected chi connectivity index (χ0v) is 12.6. The molecule has 0 radical (unpaired) electrons. The highest BCUT2D eigenvalue weighted by molar-refractivity contribution is 5.72. The van der Waals surface area contributed by atoms with Gasteiger partial charge in [0, 0.05) is 30.4 Å². The quantitative estimate of drug-likeness (QED) is 0.745. The molecule has 1 aromatic rings. The number of H-pyrrole nitrogens is 1. The third-order valence-corrected chi connectivity index (χ3v) is 3.57. The first-order valence-corrected chi connectivity index (χ1v) is 6.81. The third-order valence-electron chi connectivity index (χ3n) is 3.57. The Balaban J connectivity index is 2.50. The van der Waals surface area contributed by atoms with E-state index in [1.54, 1.807) is 0 Å². The highest BCUT2D eigenvalue weighted by atomic mass is 16.5. The lowest BCUT2D eigenvalue weighted by molar-refractivity contribution is -0.146. The van der Waals surface area contributed by atoms with Crippen molar-refractivity contribution in [2.45, 2.75) is 33.1 Å². The van der Waals surface area contributed by atoms with Crippen LogP contribution in [0.25, 0.3) is 0 Å². The fourth-order valence-electron chi connectivity index (χ4n) is 2.13. The maximum Gasteiger partial charge on any atom is 0.310 e. The van der Waals surface area contributed by atoms with Crippen LogP contribution in [0, 0.1) is 11.8 Å². The monoisotopic (exact) mass is 266 g/mol. The smallest absolute Gasteiger partial charge is 0.310 e. The number of nitrogens with one attached hydrogen (secondary N) is 2. The van der Waals surface area contributed by atoms with E-state index in [0.717, 1.165) is 6.54 Å². The highest BCUT2D eigenvalue weighted by Gasteiger charge is 2.25. The molecule has 0 aromatic carbocycles. The van der Waals surface area contributed by atoms with E-state index in [-0.39, 0.29) is 23.2 Å². The number of hydrogen-bond acceptors (Lipinski definition) is 3. The summed E-state index contributed by atoms with van der Waals surface area (Å²) in [5.41, 5.74) is 1.21. The van der Waals surface area contributed by atoms with Gasteiger partial charge < -0.3 is 15.0 Å². The van der Waals surface area contributed by atoms with Crippen LogP contribution in [-0.4, -0.2) is 31.2 Å². The predicted octanol–water partition coefficient (Wildman–Crippen LogP) is 2.33. The normalized spacial score (nSPS) is 13.6. The van der Waals surface area contributed by atoms with E-state index in [4.69, 9.17) is 4.74 Å². The first-order valence-electron chi connectivity index (χ1n) is 6.81. The first-order chi connectivity index (χ1) is 8.88. The molecule has 1 aromatic heterocycles. The van der Waals surface area contributed by atoms with E-state index in [1.165, 1.54) is 12.8 Å². The molecule has 108 valence electrons. The Hall–Kier alpha value is -1.29. The van der Waals surface area contributed by atoms with Crippen molar-refractivity contribution < 1.29 is 9.53 Å². The average Bonchev–Trinajstić information content (AvgIpc) is 2.87. The van der Waals surface area contributed by atoms with Gasteiger partial charge in [-0.1, -0.05) is 27.7 Å². The van der Waals surface area contributed by atoms with Crippen molar-refractivity contribution in [2.75, 3.05) is 20.2 Å². The molecule has 4 heteroatoms. The molecular weight excluding hydrogens is 240 g/mol. The van der Waals surface area contributed by atoms with Crippen molar-refractivity contribution >= 4 is 5.97 Å². The number of aromatic amines is 1. The number of hydrogen-bond donors (Lipinski definition) is 2. The number of ether oxygens (including phenoxy) is 1. The molecule has 0 aliphatic carbocycles. The van der Waals surface area contributed by atoms with Crippen molar-refractivity contribution in [3.63, 3.8) is 0 Å². The molecular formula is C15H26N2O2. The van der Waals surface area contributed by atoms with Gasteiger partial charge in [0.05, 0.1) is 13.0 Å². The van der Waals surface area contributed by atoms with Crippen LogP contribution in [0.1, 0.15) is 33.4 Å². The number of carbonyl (C=O) groups excluding carboxylic acids is 1. The average molecular weight is 266 g/mol. The van der Waals surface area contributed by atoms with Gasteiger partial charge in [0.15, 0.2) is 0 Å². The maximum atomic E-state index is 11.7. The second-order valence-corrected chi connectivity index (χ2v) is 5.97. The van der Waals surface area contributed by atoms with E-state index in [9.17, 15) is 4.79 Å². The van der Waals surface area contributed by atoms with Crippen LogP contribution in [0.5, 0.6) is 0 Å². The molecule has 0 fully saturated rings. The van der Waals surface area contributed by atoms with E-state index < -0.39 is 0 Å². The van der Waals surface area contributed by atoms with E-state index in [0.29, 0.717) is 6.54 Å². The van der Waals surface area contributed by atoms with Gasteiger partial charge in [-0.3, -0.25) is 4.79 Å². The molecule has 0 aliphatic rings. The van der Waals surface area contributed by atoms with Crippen LogP contribution in [0.3, 0.4) is 0 Å². The molecule has 1 unspecified atom stereocenters. The van der Waals surface area contributed by atoms with Crippen molar-refractivity contribution in [2.24, 2.45) is 11.8 Å². The summed E-state index contributed by atoms with van der Waals surface area (Å²) in [7, 11) is 1.45. The topological polar surface area (TPSA) is 54.1 Å². The molecule has 1 atom stereocenters. The van der Waals surface area contributed by atoms with Crippen LogP contribution in [0.15, 0.2) is 18.3 Å². The van der Waals surface area contributed by atoms with Crippen molar-refractivity contribution in [3.05, 3.63) is 24.0 Å². The van der Waals surface area contributed by atoms with Gasteiger partial charge in [-0.05, 0) is 18.1 Å². The minimum atomic E-state index is -0.139. The molecule has 0 spiro atoms. The second-order valence-electron chi connectivity index (χ2n) is 5.97. The minimum absolute atomic E-state index is 0.0150. The zero-order valence-electron chi connectivity index (χ0n) is 12.6. The number of carbonyl (C=O) groups is 1. The van der Waals surface area contributed by atoms with E-state index >= 15 is 0 Å². The Bertz CT molecular complexity index is 383. The SMILES string of the molecule is COC(=O)C(CNCC(C)(C)c1ccc[nH]1)C(C)C. The van der Waals surface area contributed by atoms with Gasteiger partial charge in [0.2, 0.25) is 0 Å². The van der Waals surface area contributed by atoms with Crippen molar-refractivity contribution in [1.29, 1.82) is 0 Å². The van der Waals surface area contributed by atoms with Crippen LogP contribution >= 0.6 is 0 Å². The summed E-state index contributed by atoms with van der Waals surface area (Å²) in [6.45, 7) is 9.89. The second kappa shape index (κ2) is 6.75. The number of esters is 1.